The number of ether oxygens (including phenoxy) is 1. The lowest BCUT2D eigenvalue weighted by Crippen LogP contribution is -2.43. The Kier molecular flexibility index (Phi) is 6.75. The van der Waals surface area contributed by atoms with Crippen molar-refractivity contribution in [1.29, 1.82) is 0 Å². The first-order valence-corrected chi connectivity index (χ1v) is 6.58. The van der Waals surface area contributed by atoms with Gasteiger partial charge in [0, 0.05) is 17.7 Å². The molecule has 0 heterocycles. The highest BCUT2D eigenvalue weighted by atomic mass is 19.1. The molecule has 0 fully saturated rings. The molecular weight excluding hydrogens is 291 g/mol. The molecule has 3 amide bonds. The van der Waals surface area contributed by atoms with Gasteiger partial charge in [-0.1, -0.05) is 18.2 Å². The Hall–Kier alpha value is -2.70. The van der Waals surface area contributed by atoms with Crippen LogP contribution in [0.1, 0.15) is 19.4 Å². The summed E-state index contributed by atoms with van der Waals surface area (Å²) < 4.78 is 17.9. The average Bonchev–Trinajstić information content (AvgIpc) is 2.43. The Labute approximate surface area is 127 Å². The van der Waals surface area contributed by atoms with Gasteiger partial charge in [-0.25, -0.2) is 14.0 Å². The van der Waals surface area contributed by atoms with E-state index in [0.717, 1.165) is 6.08 Å². The van der Waals surface area contributed by atoms with E-state index in [1.54, 1.807) is 19.9 Å². The number of halogens is 1. The van der Waals surface area contributed by atoms with Crippen molar-refractivity contribution in [3.8, 4) is 0 Å². The van der Waals surface area contributed by atoms with Crippen molar-refractivity contribution >= 4 is 24.0 Å². The van der Waals surface area contributed by atoms with Crippen LogP contribution in [0.3, 0.4) is 0 Å². The number of benzene rings is 1. The van der Waals surface area contributed by atoms with Gasteiger partial charge in [0.25, 0.3) is 5.91 Å². The molecule has 0 bridgehead atoms. The number of imide groups is 1. The van der Waals surface area contributed by atoms with Crippen LogP contribution in [0.25, 0.3) is 6.08 Å². The molecule has 2 N–H and O–H groups in total. The summed E-state index contributed by atoms with van der Waals surface area (Å²) in [5.74, 6) is -2.05. The Morgan fingerprint density at radius 3 is 2.59 bits per heavy atom. The number of hydrogen-bond acceptors (Lipinski definition) is 4. The zero-order valence-electron chi connectivity index (χ0n) is 12.3. The van der Waals surface area contributed by atoms with E-state index >= 15 is 0 Å². The maximum Gasteiger partial charge on any atom is 0.331 e. The van der Waals surface area contributed by atoms with Gasteiger partial charge in [-0.2, -0.15) is 0 Å². The van der Waals surface area contributed by atoms with Gasteiger partial charge in [0.05, 0.1) is 0 Å². The van der Waals surface area contributed by atoms with Crippen LogP contribution in [0.4, 0.5) is 9.18 Å². The lowest BCUT2D eigenvalue weighted by atomic mass is 10.2. The van der Waals surface area contributed by atoms with Crippen LogP contribution in [0.15, 0.2) is 30.3 Å². The van der Waals surface area contributed by atoms with Crippen molar-refractivity contribution < 1.29 is 23.5 Å². The van der Waals surface area contributed by atoms with Crippen LogP contribution >= 0.6 is 0 Å². The Bertz CT molecular complexity index is 585. The summed E-state index contributed by atoms with van der Waals surface area (Å²) in [5, 5.41) is 4.45. The summed E-state index contributed by atoms with van der Waals surface area (Å²) in [5.41, 5.74) is 0.222. The summed E-state index contributed by atoms with van der Waals surface area (Å²) >= 11 is 0. The maximum absolute atomic E-state index is 13.3. The summed E-state index contributed by atoms with van der Waals surface area (Å²) in [4.78, 5) is 33.9. The highest BCUT2D eigenvalue weighted by Gasteiger charge is 2.10. The summed E-state index contributed by atoms with van der Waals surface area (Å²) in [7, 11) is 0. The van der Waals surface area contributed by atoms with E-state index in [0.29, 0.717) is 0 Å². The monoisotopic (exact) mass is 308 g/mol. The van der Waals surface area contributed by atoms with Crippen molar-refractivity contribution in [3.05, 3.63) is 41.7 Å². The van der Waals surface area contributed by atoms with Crippen LogP contribution in [-0.4, -0.2) is 30.6 Å². The molecule has 0 spiro atoms. The normalized spacial score (nSPS) is 10.5. The maximum atomic E-state index is 13.3. The fourth-order valence-corrected chi connectivity index (χ4v) is 1.41. The van der Waals surface area contributed by atoms with Crippen molar-refractivity contribution in [1.82, 2.24) is 10.6 Å². The molecule has 0 atom stereocenters. The molecule has 0 saturated heterocycles. The molecule has 1 aromatic rings. The van der Waals surface area contributed by atoms with Crippen LogP contribution in [0, 0.1) is 5.82 Å². The highest BCUT2D eigenvalue weighted by molar-refractivity contribution is 5.96. The minimum absolute atomic E-state index is 0.126. The van der Waals surface area contributed by atoms with Crippen molar-refractivity contribution in [2.45, 2.75) is 19.9 Å². The zero-order chi connectivity index (χ0) is 16.5. The number of hydrogen-bond donors (Lipinski definition) is 2. The van der Waals surface area contributed by atoms with Crippen LogP contribution in [0.5, 0.6) is 0 Å². The number of urea groups is 1. The van der Waals surface area contributed by atoms with E-state index in [4.69, 9.17) is 0 Å². The molecule has 22 heavy (non-hydrogen) atoms. The second-order valence-corrected chi connectivity index (χ2v) is 4.64. The number of rotatable bonds is 5. The first kappa shape index (κ1) is 17.4. The van der Waals surface area contributed by atoms with Crippen molar-refractivity contribution in [2.24, 2.45) is 0 Å². The molecule has 6 nitrogen and oxygen atoms in total. The number of carbonyl (C=O) groups excluding carboxylic acids is 3. The molecule has 0 aliphatic carbocycles. The molecule has 0 unspecified atom stereocenters. The molecular formula is C15H17FN2O4. The summed E-state index contributed by atoms with van der Waals surface area (Å²) in [6.07, 6.45) is 2.24. The molecule has 0 aromatic heterocycles. The van der Waals surface area contributed by atoms with Crippen molar-refractivity contribution in [2.75, 3.05) is 6.61 Å². The molecule has 0 aliphatic rings. The zero-order valence-corrected chi connectivity index (χ0v) is 12.3. The molecule has 0 radical (unpaired) electrons. The second kappa shape index (κ2) is 8.56. The summed E-state index contributed by atoms with van der Waals surface area (Å²) in [6.45, 7) is 2.86. The van der Waals surface area contributed by atoms with Gasteiger partial charge in [0.2, 0.25) is 0 Å². The van der Waals surface area contributed by atoms with E-state index in [9.17, 15) is 18.8 Å². The van der Waals surface area contributed by atoms with Crippen LogP contribution < -0.4 is 10.6 Å². The van der Waals surface area contributed by atoms with Gasteiger partial charge >= 0.3 is 12.0 Å². The van der Waals surface area contributed by atoms with Gasteiger partial charge < -0.3 is 10.1 Å². The first-order valence-electron chi connectivity index (χ1n) is 6.58. The minimum Gasteiger partial charge on any atom is -0.452 e. The van der Waals surface area contributed by atoms with E-state index in [-0.39, 0.29) is 11.6 Å². The molecule has 0 saturated carbocycles. The lowest BCUT2D eigenvalue weighted by molar-refractivity contribution is -0.143. The fourth-order valence-electron chi connectivity index (χ4n) is 1.41. The van der Waals surface area contributed by atoms with Crippen LogP contribution in [-0.2, 0) is 14.3 Å². The molecule has 1 rings (SSSR count). The Morgan fingerprint density at radius 1 is 1.27 bits per heavy atom. The third-order valence-corrected chi connectivity index (χ3v) is 2.32. The third kappa shape index (κ3) is 6.65. The number of carbonyl (C=O) groups is 3. The topological polar surface area (TPSA) is 84.5 Å². The minimum atomic E-state index is -0.817. The first-order chi connectivity index (χ1) is 10.4. The predicted molar refractivity (Wildman–Crippen MR) is 78.2 cm³/mol. The van der Waals surface area contributed by atoms with E-state index in [2.05, 4.69) is 10.1 Å². The van der Waals surface area contributed by atoms with E-state index in [1.807, 2.05) is 5.32 Å². The average molecular weight is 308 g/mol. The van der Waals surface area contributed by atoms with Gasteiger partial charge in [-0.3, -0.25) is 10.1 Å². The molecule has 7 heteroatoms. The lowest BCUT2D eigenvalue weighted by Gasteiger charge is -2.08. The van der Waals surface area contributed by atoms with Crippen molar-refractivity contribution in [3.63, 3.8) is 0 Å². The molecule has 1 aromatic carbocycles. The third-order valence-electron chi connectivity index (χ3n) is 2.32. The summed E-state index contributed by atoms with van der Waals surface area (Å²) in [6, 6.07) is 5.09. The number of nitrogens with one attached hydrogen (secondary N) is 2. The largest absolute Gasteiger partial charge is 0.452 e. The smallest absolute Gasteiger partial charge is 0.331 e. The second-order valence-electron chi connectivity index (χ2n) is 4.64. The predicted octanol–water partition coefficient (Wildman–Crippen LogP) is 1.62. The Morgan fingerprint density at radius 2 is 1.95 bits per heavy atom. The van der Waals surface area contributed by atoms with Gasteiger partial charge in [0.15, 0.2) is 6.61 Å². The number of amides is 3. The highest BCUT2D eigenvalue weighted by Crippen LogP contribution is 2.08. The Balaban J connectivity index is 2.38. The van der Waals surface area contributed by atoms with Gasteiger partial charge in [0.1, 0.15) is 5.82 Å². The molecule has 0 aliphatic heterocycles. The molecule has 118 valence electrons. The standard InChI is InChI=1S/C15H17FN2O4/c1-10(2)17-15(21)18-13(19)9-22-14(20)8-7-11-5-3-4-6-12(11)16/h3-8,10H,9H2,1-2H3,(H2,17,18,19,21)/b8-7+. The SMILES string of the molecule is CC(C)NC(=O)NC(=O)COC(=O)/C=C/c1ccccc1F. The van der Waals surface area contributed by atoms with Gasteiger partial charge in [-0.05, 0) is 26.0 Å². The van der Waals surface area contributed by atoms with Crippen LogP contribution in [0.2, 0.25) is 0 Å². The quantitative estimate of drug-likeness (QED) is 0.639. The van der Waals surface area contributed by atoms with E-state index < -0.39 is 30.3 Å². The van der Waals surface area contributed by atoms with E-state index in [1.165, 1.54) is 24.3 Å². The number of esters is 1. The fraction of sp³-hybridized carbons (Fsp3) is 0.267. The van der Waals surface area contributed by atoms with Gasteiger partial charge in [-0.15, -0.1) is 0 Å².